The van der Waals surface area contributed by atoms with Crippen LogP contribution in [-0.4, -0.2) is 18.3 Å². The molecule has 0 amide bonds. The molecule has 0 saturated carbocycles. The van der Waals surface area contributed by atoms with Crippen molar-refractivity contribution < 1.29 is 4.39 Å². The first-order valence-electron chi connectivity index (χ1n) is 2.99. The van der Waals surface area contributed by atoms with Gasteiger partial charge in [0.05, 0.1) is 0 Å². The molecule has 0 bridgehead atoms. The van der Waals surface area contributed by atoms with Gasteiger partial charge in [0.15, 0.2) is 0 Å². The van der Waals surface area contributed by atoms with Gasteiger partial charge in [-0.3, -0.25) is 0 Å². The molecule has 1 heterocycles. The monoisotopic (exact) mass is 117 g/mol. The summed E-state index contributed by atoms with van der Waals surface area (Å²) < 4.78 is 12.4. The number of hydrogen-bond acceptors (Lipinski definition) is 1. The Labute approximate surface area is 49.3 Å². The van der Waals surface area contributed by atoms with Crippen LogP contribution in [0.5, 0.6) is 0 Å². The van der Waals surface area contributed by atoms with E-state index in [1.807, 2.05) is 13.8 Å². The van der Waals surface area contributed by atoms with Gasteiger partial charge >= 0.3 is 0 Å². The van der Waals surface area contributed by atoms with Crippen LogP contribution >= 0.6 is 0 Å². The highest BCUT2D eigenvalue weighted by molar-refractivity contribution is 4.89. The summed E-state index contributed by atoms with van der Waals surface area (Å²) in [6.45, 7) is 4.58. The van der Waals surface area contributed by atoms with Crippen LogP contribution in [0.1, 0.15) is 20.3 Å². The molecular formula is C6H12FN. The van der Waals surface area contributed by atoms with Crippen LogP contribution in [-0.2, 0) is 0 Å². The van der Waals surface area contributed by atoms with Crippen LogP contribution in [0.15, 0.2) is 0 Å². The van der Waals surface area contributed by atoms with Crippen molar-refractivity contribution in [3.8, 4) is 0 Å². The zero-order chi connectivity index (χ0) is 6.20. The molecular weight excluding hydrogens is 105 g/mol. The highest BCUT2D eigenvalue weighted by Crippen LogP contribution is 2.19. The normalized spacial score (nSPS) is 35.6. The van der Waals surface area contributed by atoms with Gasteiger partial charge < -0.3 is 5.32 Å². The first-order valence-corrected chi connectivity index (χ1v) is 2.99. The second kappa shape index (κ2) is 1.69. The van der Waals surface area contributed by atoms with Gasteiger partial charge in [-0.05, 0) is 20.3 Å². The Bertz CT molecular complexity index is 90.5. The fourth-order valence-corrected chi connectivity index (χ4v) is 1.09. The Morgan fingerprint density at radius 2 is 2.25 bits per heavy atom. The first kappa shape index (κ1) is 6.02. The van der Waals surface area contributed by atoms with Gasteiger partial charge in [-0.15, -0.1) is 0 Å². The third kappa shape index (κ3) is 1.19. The van der Waals surface area contributed by atoms with E-state index in [0.29, 0.717) is 13.0 Å². The molecule has 0 radical (unpaired) electrons. The lowest BCUT2D eigenvalue weighted by Gasteiger charge is -2.15. The van der Waals surface area contributed by atoms with Crippen molar-refractivity contribution in [3.63, 3.8) is 0 Å². The van der Waals surface area contributed by atoms with E-state index in [0.717, 1.165) is 0 Å². The number of alkyl halides is 1. The van der Waals surface area contributed by atoms with E-state index >= 15 is 0 Å². The molecule has 1 atom stereocenters. The Kier molecular flexibility index (Phi) is 1.27. The summed E-state index contributed by atoms with van der Waals surface area (Å²) in [5.74, 6) is 0. The predicted molar refractivity (Wildman–Crippen MR) is 31.6 cm³/mol. The van der Waals surface area contributed by atoms with Crippen molar-refractivity contribution in [2.75, 3.05) is 6.54 Å². The van der Waals surface area contributed by atoms with Crippen molar-refractivity contribution in [2.24, 2.45) is 0 Å². The Balaban J connectivity index is 2.44. The molecule has 0 aromatic heterocycles. The SMILES string of the molecule is CC1(C)C[C@@H](F)CN1. The maximum absolute atomic E-state index is 12.4. The van der Waals surface area contributed by atoms with Gasteiger partial charge in [-0.2, -0.15) is 0 Å². The van der Waals surface area contributed by atoms with Gasteiger partial charge in [0.1, 0.15) is 6.17 Å². The summed E-state index contributed by atoms with van der Waals surface area (Å²) in [5, 5.41) is 3.07. The number of halogens is 1. The molecule has 1 aliphatic heterocycles. The fourth-order valence-electron chi connectivity index (χ4n) is 1.09. The number of hydrogen-bond donors (Lipinski definition) is 1. The highest BCUT2D eigenvalue weighted by atomic mass is 19.1. The van der Waals surface area contributed by atoms with Crippen LogP contribution in [0.4, 0.5) is 4.39 Å². The maximum Gasteiger partial charge on any atom is 0.114 e. The second-order valence-corrected chi connectivity index (χ2v) is 3.07. The third-order valence-corrected chi connectivity index (χ3v) is 1.53. The van der Waals surface area contributed by atoms with Crippen molar-refractivity contribution in [3.05, 3.63) is 0 Å². The number of rotatable bonds is 0. The maximum atomic E-state index is 12.4. The summed E-state index contributed by atoms with van der Waals surface area (Å²) >= 11 is 0. The molecule has 0 unspecified atom stereocenters. The summed E-state index contributed by atoms with van der Waals surface area (Å²) in [6, 6.07) is 0. The highest BCUT2D eigenvalue weighted by Gasteiger charge is 2.29. The van der Waals surface area contributed by atoms with Crippen molar-refractivity contribution >= 4 is 0 Å². The van der Waals surface area contributed by atoms with E-state index < -0.39 is 6.17 Å². The van der Waals surface area contributed by atoms with E-state index in [1.54, 1.807) is 0 Å². The summed E-state index contributed by atoms with van der Waals surface area (Å²) in [4.78, 5) is 0. The van der Waals surface area contributed by atoms with Crippen molar-refractivity contribution in [1.82, 2.24) is 5.32 Å². The molecule has 0 aromatic rings. The minimum absolute atomic E-state index is 0.0411. The van der Waals surface area contributed by atoms with Gasteiger partial charge in [-0.25, -0.2) is 4.39 Å². The lowest BCUT2D eigenvalue weighted by atomic mass is 10.0. The van der Waals surface area contributed by atoms with E-state index in [-0.39, 0.29) is 5.54 Å². The molecule has 8 heavy (non-hydrogen) atoms. The molecule has 1 rings (SSSR count). The van der Waals surface area contributed by atoms with Crippen LogP contribution in [0.3, 0.4) is 0 Å². The molecule has 0 aromatic carbocycles. The minimum Gasteiger partial charge on any atom is -0.309 e. The Morgan fingerprint density at radius 3 is 2.38 bits per heavy atom. The largest absolute Gasteiger partial charge is 0.309 e. The van der Waals surface area contributed by atoms with Crippen LogP contribution in [0, 0.1) is 0 Å². The van der Waals surface area contributed by atoms with E-state index in [4.69, 9.17) is 0 Å². The molecule has 2 heteroatoms. The fraction of sp³-hybridized carbons (Fsp3) is 1.00. The summed E-state index contributed by atoms with van der Waals surface area (Å²) in [6.07, 6.45) is 0.0394. The molecule has 1 fully saturated rings. The van der Waals surface area contributed by atoms with Gasteiger partial charge in [-0.1, -0.05) is 0 Å². The average molecular weight is 117 g/mol. The van der Waals surface area contributed by atoms with Crippen molar-refractivity contribution in [2.45, 2.75) is 32.0 Å². The van der Waals surface area contributed by atoms with E-state index in [9.17, 15) is 4.39 Å². The zero-order valence-corrected chi connectivity index (χ0v) is 5.37. The molecule has 1 nitrogen and oxygen atoms in total. The standard InChI is InChI=1S/C6H12FN/c1-6(2)3-5(7)4-8-6/h5,8H,3-4H2,1-2H3/t5-/m1/s1. The topological polar surface area (TPSA) is 12.0 Å². The molecule has 0 aliphatic carbocycles. The lowest BCUT2D eigenvalue weighted by Crippen LogP contribution is -2.31. The Morgan fingerprint density at radius 1 is 1.62 bits per heavy atom. The molecule has 48 valence electrons. The van der Waals surface area contributed by atoms with Gasteiger partial charge in [0.25, 0.3) is 0 Å². The molecule has 1 N–H and O–H groups in total. The van der Waals surface area contributed by atoms with E-state index in [1.165, 1.54) is 0 Å². The number of nitrogens with one attached hydrogen (secondary N) is 1. The average Bonchev–Trinajstić information content (AvgIpc) is 1.82. The van der Waals surface area contributed by atoms with Gasteiger partial charge in [0, 0.05) is 12.1 Å². The predicted octanol–water partition coefficient (Wildman–Crippen LogP) is 1.10. The van der Waals surface area contributed by atoms with Crippen LogP contribution in [0.2, 0.25) is 0 Å². The van der Waals surface area contributed by atoms with Gasteiger partial charge in [0.2, 0.25) is 0 Å². The quantitative estimate of drug-likeness (QED) is 0.501. The Hall–Kier alpha value is -0.110. The lowest BCUT2D eigenvalue weighted by molar-refractivity contribution is 0.340. The third-order valence-electron chi connectivity index (χ3n) is 1.53. The van der Waals surface area contributed by atoms with Crippen molar-refractivity contribution in [1.29, 1.82) is 0 Å². The summed E-state index contributed by atoms with van der Waals surface area (Å²) in [7, 11) is 0. The molecule has 1 aliphatic rings. The van der Waals surface area contributed by atoms with Crippen LogP contribution in [0.25, 0.3) is 0 Å². The minimum atomic E-state index is -0.620. The summed E-state index contributed by atoms with van der Waals surface area (Å²) in [5.41, 5.74) is 0.0411. The zero-order valence-electron chi connectivity index (χ0n) is 5.37. The molecule has 1 saturated heterocycles. The second-order valence-electron chi connectivity index (χ2n) is 3.07. The van der Waals surface area contributed by atoms with Crippen LogP contribution < -0.4 is 5.32 Å². The van der Waals surface area contributed by atoms with E-state index in [2.05, 4.69) is 5.32 Å². The molecule has 0 spiro atoms. The smallest absolute Gasteiger partial charge is 0.114 e. The first-order chi connectivity index (χ1) is 3.60.